The molecule has 0 bridgehead atoms. The Labute approximate surface area is 196 Å². The van der Waals surface area contributed by atoms with Crippen LogP contribution in [0.25, 0.3) is 0 Å². The third kappa shape index (κ3) is 6.06. The van der Waals surface area contributed by atoms with Crippen LogP contribution in [0, 0.1) is 0 Å². The number of ether oxygens (including phenoxy) is 1. The Morgan fingerprint density at radius 2 is 1.67 bits per heavy atom. The second kappa shape index (κ2) is 11.2. The zero-order valence-electron chi connectivity index (χ0n) is 19.6. The van der Waals surface area contributed by atoms with E-state index in [0.29, 0.717) is 13.2 Å². The predicted molar refractivity (Wildman–Crippen MR) is 131 cm³/mol. The molecular formula is C27H35N3O3. The lowest BCUT2D eigenvalue weighted by atomic mass is 9.89. The second-order valence-corrected chi connectivity index (χ2v) is 9.00. The number of urea groups is 1. The highest BCUT2D eigenvalue weighted by Crippen LogP contribution is 2.28. The van der Waals surface area contributed by atoms with Gasteiger partial charge in [0.2, 0.25) is 0 Å². The van der Waals surface area contributed by atoms with Gasteiger partial charge < -0.3 is 19.9 Å². The van der Waals surface area contributed by atoms with E-state index in [4.69, 9.17) is 4.74 Å². The number of hydrogen-bond donors (Lipinski definition) is 1. The first kappa shape index (κ1) is 23.1. The average Bonchev–Trinajstić information content (AvgIpc) is 3.15. The van der Waals surface area contributed by atoms with Gasteiger partial charge in [0.15, 0.2) is 0 Å². The summed E-state index contributed by atoms with van der Waals surface area (Å²) in [6, 6.07) is 15.4. The van der Waals surface area contributed by atoms with Crippen LogP contribution < -0.4 is 10.1 Å². The summed E-state index contributed by atoms with van der Waals surface area (Å²) in [5.74, 6) is 1.17. The van der Waals surface area contributed by atoms with Crippen LogP contribution >= 0.6 is 0 Å². The number of carbonyl (C=O) groups is 2. The monoisotopic (exact) mass is 449 g/mol. The van der Waals surface area contributed by atoms with Gasteiger partial charge >= 0.3 is 6.03 Å². The van der Waals surface area contributed by atoms with Gasteiger partial charge in [-0.1, -0.05) is 25.0 Å². The van der Waals surface area contributed by atoms with Gasteiger partial charge in [-0.15, -0.1) is 0 Å². The number of hydrogen-bond acceptors (Lipinski definition) is 3. The molecule has 1 N–H and O–H groups in total. The standard InChI is InChI=1S/C27H35N3O3/c1-2-33-25-14-12-24(13-15-25)28-27(32)30-18-8-11-23(20-30)21-9-7-10-22(19-21)26(31)29-16-5-3-4-6-17-29/h7,9-10,12-15,19,23H,2-6,8,11,16-18,20H2,1H3,(H,28,32)/t23-/m0/s1. The van der Waals surface area contributed by atoms with Crippen LogP contribution in [0.3, 0.4) is 0 Å². The van der Waals surface area contributed by atoms with E-state index in [1.54, 1.807) is 0 Å². The number of anilines is 1. The van der Waals surface area contributed by atoms with E-state index in [-0.39, 0.29) is 17.9 Å². The van der Waals surface area contributed by atoms with Crippen LogP contribution in [0.5, 0.6) is 5.75 Å². The number of amides is 3. The van der Waals surface area contributed by atoms with Crippen LogP contribution in [0.4, 0.5) is 10.5 Å². The van der Waals surface area contributed by atoms with E-state index < -0.39 is 0 Å². The van der Waals surface area contributed by atoms with Crippen molar-refractivity contribution < 1.29 is 14.3 Å². The highest BCUT2D eigenvalue weighted by Gasteiger charge is 2.26. The molecular weight excluding hydrogens is 414 g/mol. The number of nitrogens with zero attached hydrogens (tertiary/aromatic N) is 2. The van der Waals surface area contributed by atoms with Gasteiger partial charge in [0.25, 0.3) is 5.91 Å². The van der Waals surface area contributed by atoms with Crippen molar-refractivity contribution in [3.05, 3.63) is 59.7 Å². The van der Waals surface area contributed by atoms with Gasteiger partial charge in [0.05, 0.1) is 6.61 Å². The fourth-order valence-electron chi connectivity index (χ4n) is 4.82. The molecule has 3 amide bonds. The molecule has 33 heavy (non-hydrogen) atoms. The maximum absolute atomic E-state index is 13.1. The van der Waals surface area contributed by atoms with E-state index in [0.717, 1.165) is 67.9 Å². The summed E-state index contributed by atoms with van der Waals surface area (Å²) in [4.78, 5) is 29.8. The molecule has 0 unspecified atom stereocenters. The molecule has 2 aliphatic heterocycles. The van der Waals surface area contributed by atoms with E-state index >= 15 is 0 Å². The zero-order valence-corrected chi connectivity index (χ0v) is 19.6. The Balaban J connectivity index is 1.39. The Bertz CT molecular complexity index is 936. The van der Waals surface area contributed by atoms with Crippen molar-refractivity contribution in [2.45, 2.75) is 51.4 Å². The molecule has 0 spiro atoms. The third-order valence-electron chi connectivity index (χ3n) is 6.62. The van der Waals surface area contributed by atoms with E-state index in [2.05, 4.69) is 11.4 Å². The first-order chi connectivity index (χ1) is 16.1. The minimum atomic E-state index is -0.0827. The van der Waals surface area contributed by atoms with E-state index in [1.165, 1.54) is 12.8 Å². The Kier molecular flexibility index (Phi) is 7.87. The molecule has 0 radical (unpaired) electrons. The fraction of sp³-hybridized carbons (Fsp3) is 0.481. The molecule has 2 aliphatic rings. The summed E-state index contributed by atoms with van der Waals surface area (Å²) >= 11 is 0. The summed E-state index contributed by atoms with van der Waals surface area (Å²) in [6.45, 7) is 5.67. The molecule has 0 saturated carbocycles. The van der Waals surface area contributed by atoms with Gasteiger partial charge in [0, 0.05) is 43.3 Å². The smallest absolute Gasteiger partial charge is 0.321 e. The largest absolute Gasteiger partial charge is 0.494 e. The van der Waals surface area contributed by atoms with Crippen LogP contribution in [-0.4, -0.2) is 54.5 Å². The number of rotatable bonds is 5. The first-order valence-corrected chi connectivity index (χ1v) is 12.3. The van der Waals surface area contributed by atoms with Crippen molar-refractivity contribution in [3.8, 4) is 5.75 Å². The average molecular weight is 450 g/mol. The maximum atomic E-state index is 13.1. The Morgan fingerprint density at radius 3 is 2.39 bits per heavy atom. The summed E-state index contributed by atoms with van der Waals surface area (Å²) < 4.78 is 5.47. The molecule has 2 aromatic rings. The molecule has 2 fully saturated rings. The Hall–Kier alpha value is -3.02. The molecule has 6 nitrogen and oxygen atoms in total. The lowest BCUT2D eigenvalue weighted by Crippen LogP contribution is -2.41. The van der Waals surface area contributed by atoms with Crippen molar-refractivity contribution >= 4 is 17.6 Å². The quantitative estimate of drug-likeness (QED) is 0.654. The normalized spacial score (nSPS) is 19.0. The molecule has 0 aromatic heterocycles. The lowest BCUT2D eigenvalue weighted by Gasteiger charge is -2.33. The number of carbonyl (C=O) groups excluding carboxylic acids is 2. The summed E-state index contributed by atoms with van der Waals surface area (Å²) in [7, 11) is 0. The molecule has 2 heterocycles. The molecule has 0 aliphatic carbocycles. The SMILES string of the molecule is CCOc1ccc(NC(=O)N2CCC[C@H](c3cccc(C(=O)N4CCCCCC4)c3)C2)cc1. The van der Waals surface area contributed by atoms with Gasteiger partial charge in [-0.25, -0.2) is 4.79 Å². The number of piperidine rings is 1. The van der Waals surface area contributed by atoms with Crippen molar-refractivity contribution in [1.29, 1.82) is 0 Å². The van der Waals surface area contributed by atoms with Gasteiger partial charge in [0.1, 0.15) is 5.75 Å². The molecule has 2 aromatic carbocycles. The van der Waals surface area contributed by atoms with Crippen LogP contribution in [0.1, 0.15) is 67.3 Å². The highest BCUT2D eigenvalue weighted by molar-refractivity contribution is 5.94. The van der Waals surface area contributed by atoms with Crippen molar-refractivity contribution in [1.82, 2.24) is 9.80 Å². The summed E-state index contributed by atoms with van der Waals surface area (Å²) in [5, 5.41) is 3.00. The fourth-order valence-corrected chi connectivity index (χ4v) is 4.82. The first-order valence-electron chi connectivity index (χ1n) is 12.3. The summed E-state index contributed by atoms with van der Waals surface area (Å²) in [5.41, 5.74) is 2.68. The molecule has 4 rings (SSSR count). The van der Waals surface area contributed by atoms with Crippen LogP contribution in [0.2, 0.25) is 0 Å². The van der Waals surface area contributed by atoms with Gasteiger partial charge in [-0.3, -0.25) is 4.79 Å². The topological polar surface area (TPSA) is 61.9 Å². The van der Waals surface area contributed by atoms with Crippen molar-refractivity contribution in [2.75, 3.05) is 38.1 Å². The second-order valence-electron chi connectivity index (χ2n) is 9.00. The molecule has 176 valence electrons. The lowest BCUT2D eigenvalue weighted by molar-refractivity contribution is 0.0761. The molecule has 1 atom stereocenters. The zero-order chi connectivity index (χ0) is 23.0. The molecule has 6 heteroatoms. The Morgan fingerprint density at radius 1 is 0.939 bits per heavy atom. The van der Waals surface area contributed by atoms with Crippen molar-refractivity contribution in [3.63, 3.8) is 0 Å². The van der Waals surface area contributed by atoms with Crippen LogP contribution in [-0.2, 0) is 0 Å². The number of benzene rings is 2. The number of likely N-dealkylation sites (tertiary alicyclic amines) is 2. The van der Waals surface area contributed by atoms with Crippen molar-refractivity contribution in [2.24, 2.45) is 0 Å². The minimum absolute atomic E-state index is 0.0827. The molecule has 2 saturated heterocycles. The van der Waals surface area contributed by atoms with E-state index in [9.17, 15) is 9.59 Å². The van der Waals surface area contributed by atoms with Gasteiger partial charge in [-0.2, -0.15) is 0 Å². The maximum Gasteiger partial charge on any atom is 0.321 e. The number of nitrogens with one attached hydrogen (secondary N) is 1. The third-order valence-corrected chi connectivity index (χ3v) is 6.62. The highest BCUT2D eigenvalue weighted by atomic mass is 16.5. The van der Waals surface area contributed by atoms with Gasteiger partial charge in [-0.05, 0) is 74.6 Å². The minimum Gasteiger partial charge on any atom is -0.494 e. The van der Waals surface area contributed by atoms with E-state index in [1.807, 2.05) is 59.2 Å². The predicted octanol–water partition coefficient (Wildman–Crippen LogP) is 5.51. The summed E-state index contributed by atoms with van der Waals surface area (Å²) in [6.07, 6.45) is 6.57. The van der Waals surface area contributed by atoms with Crippen LogP contribution in [0.15, 0.2) is 48.5 Å².